The van der Waals surface area contributed by atoms with Gasteiger partial charge < -0.3 is 4.90 Å². The summed E-state index contributed by atoms with van der Waals surface area (Å²) < 4.78 is 0. The zero-order valence-electron chi connectivity index (χ0n) is 14.0. The van der Waals surface area contributed by atoms with E-state index in [2.05, 4.69) is 34.1 Å². The van der Waals surface area contributed by atoms with E-state index < -0.39 is 11.6 Å². The van der Waals surface area contributed by atoms with Crippen LogP contribution in [0.15, 0.2) is 60.7 Å². The maximum Gasteiger partial charge on any atom is 0.233 e. The molecule has 4 heteroatoms. The summed E-state index contributed by atoms with van der Waals surface area (Å²) in [5.41, 5.74) is 3.61. The van der Waals surface area contributed by atoms with Crippen LogP contribution in [0.1, 0.15) is 21.5 Å². The van der Waals surface area contributed by atoms with Gasteiger partial charge in [-0.25, -0.2) is 0 Å². The lowest BCUT2D eigenvalue weighted by Crippen LogP contribution is -2.45. The summed E-state index contributed by atoms with van der Waals surface area (Å²) in [7, 11) is 0. The first-order valence-electron chi connectivity index (χ1n) is 8.63. The molecule has 2 aromatic carbocycles. The van der Waals surface area contributed by atoms with Gasteiger partial charge in [-0.05, 0) is 5.56 Å². The lowest BCUT2D eigenvalue weighted by atomic mass is 9.92. The van der Waals surface area contributed by atoms with Gasteiger partial charge in [0.15, 0.2) is 0 Å². The zero-order chi connectivity index (χ0) is 17.2. The standard InChI is InChI=1S/C21H20N2O2/c24-20-14-19(17-8-4-5-9-18(17)21(20)25)23-12-10-22(11-13-23)15-16-6-2-1-3-7-16/h1-9,14H,10-13,15H2. The van der Waals surface area contributed by atoms with E-state index in [-0.39, 0.29) is 0 Å². The highest BCUT2D eigenvalue weighted by molar-refractivity contribution is 6.50. The molecule has 2 aliphatic rings. The minimum atomic E-state index is -0.416. The largest absolute Gasteiger partial charge is 0.368 e. The van der Waals surface area contributed by atoms with Gasteiger partial charge in [0.1, 0.15) is 0 Å². The molecule has 0 N–H and O–H groups in total. The van der Waals surface area contributed by atoms with Gasteiger partial charge in [-0.2, -0.15) is 0 Å². The molecular formula is C21H20N2O2. The fraction of sp³-hybridized carbons (Fsp3) is 0.238. The van der Waals surface area contributed by atoms with Crippen LogP contribution < -0.4 is 0 Å². The number of Topliss-reactive ketones (excluding diaryl/α,β-unsaturated/α-hetero) is 1. The number of hydrogen-bond acceptors (Lipinski definition) is 4. The second kappa shape index (κ2) is 6.65. The Kier molecular flexibility index (Phi) is 4.20. The van der Waals surface area contributed by atoms with Crippen molar-refractivity contribution in [2.24, 2.45) is 0 Å². The van der Waals surface area contributed by atoms with Gasteiger partial charge in [-0.1, -0.05) is 54.6 Å². The van der Waals surface area contributed by atoms with Gasteiger partial charge in [-0.15, -0.1) is 0 Å². The molecule has 0 aromatic heterocycles. The van der Waals surface area contributed by atoms with Gasteiger partial charge in [-0.3, -0.25) is 14.5 Å². The van der Waals surface area contributed by atoms with Crippen molar-refractivity contribution in [1.29, 1.82) is 0 Å². The summed E-state index contributed by atoms with van der Waals surface area (Å²) in [6, 6.07) is 17.9. The molecule has 126 valence electrons. The summed E-state index contributed by atoms with van der Waals surface area (Å²) in [4.78, 5) is 28.8. The molecule has 0 unspecified atom stereocenters. The second-order valence-corrected chi connectivity index (χ2v) is 6.52. The van der Waals surface area contributed by atoms with Crippen LogP contribution in [0.5, 0.6) is 0 Å². The Bertz CT molecular complexity index is 834. The summed E-state index contributed by atoms with van der Waals surface area (Å²) in [6.07, 6.45) is 1.51. The molecule has 0 radical (unpaired) electrons. The number of carbonyl (C=O) groups excluding carboxylic acids is 2. The van der Waals surface area contributed by atoms with Crippen LogP contribution in [0.4, 0.5) is 0 Å². The monoisotopic (exact) mass is 332 g/mol. The summed E-state index contributed by atoms with van der Waals surface area (Å²) >= 11 is 0. The third-order valence-corrected chi connectivity index (χ3v) is 4.90. The van der Waals surface area contributed by atoms with Gasteiger partial charge in [0.25, 0.3) is 0 Å². The molecule has 25 heavy (non-hydrogen) atoms. The third-order valence-electron chi connectivity index (χ3n) is 4.90. The zero-order valence-corrected chi connectivity index (χ0v) is 14.0. The van der Waals surface area contributed by atoms with Gasteiger partial charge in [0.2, 0.25) is 11.6 Å². The van der Waals surface area contributed by atoms with Crippen LogP contribution in [0, 0.1) is 0 Å². The third kappa shape index (κ3) is 3.13. The first-order chi connectivity index (χ1) is 12.2. The van der Waals surface area contributed by atoms with E-state index in [1.165, 1.54) is 11.6 Å². The maximum absolute atomic E-state index is 12.1. The Hall–Kier alpha value is -2.72. The first kappa shape index (κ1) is 15.8. The van der Waals surface area contributed by atoms with Gasteiger partial charge >= 0.3 is 0 Å². The highest BCUT2D eigenvalue weighted by Gasteiger charge is 2.29. The van der Waals surface area contributed by atoms with E-state index in [4.69, 9.17) is 0 Å². The van der Waals surface area contributed by atoms with Crippen molar-refractivity contribution in [3.8, 4) is 0 Å². The van der Waals surface area contributed by atoms with Crippen LogP contribution >= 0.6 is 0 Å². The average Bonchev–Trinajstić information content (AvgIpc) is 2.66. The second-order valence-electron chi connectivity index (χ2n) is 6.52. The van der Waals surface area contributed by atoms with Crippen molar-refractivity contribution in [1.82, 2.24) is 9.80 Å². The number of allylic oxidation sites excluding steroid dienone is 1. The maximum atomic E-state index is 12.1. The highest BCUT2D eigenvalue weighted by atomic mass is 16.2. The smallest absolute Gasteiger partial charge is 0.233 e. The molecule has 0 atom stereocenters. The predicted octanol–water partition coefficient (Wildman–Crippen LogP) is 2.61. The number of carbonyl (C=O) groups is 2. The Morgan fingerprint density at radius 2 is 1.40 bits per heavy atom. The van der Waals surface area contributed by atoms with E-state index in [0.717, 1.165) is 44.0 Å². The van der Waals surface area contributed by atoms with Crippen molar-refractivity contribution in [2.75, 3.05) is 26.2 Å². The van der Waals surface area contributed by atoms with Crippen LogP contribution in [0.3, 0.4) is 0 Å². The molecule has 1 saturated heterocycles. The number of nitrogens with zero attached hydrogens (tertiary/aromatic N) is 2. The average molecular weight is 332 g/mol. The number of fused-ring (bicyclic) bond motifs is 1. The quantitative estimate of drug-likeness (QED) is 0.810. The number of ketones is 2. The highest BCUT2D eigenvalue weighted by Crippen LogP contribution is 2.28. The molecule has 2 aromatic rings. The van der Waals surface area contributed by atoms with E-state index >= 15 is 0 Å². The molecule has 0 spiro atoms. The fourth-order valence-corrected chi connectivity index (χ4v) is 3.55. The lowest BCUT2D eigenvalue weighted by molar-refractivity contribution is -0.111. The molecule has 0 bridgehead atoms. The van der Waals surface area contributed by atoms with E-state index in [1.54, 1.807) is 6.07 Å². The van der Waals surface area contributed by atoms with Crippen LogP contribution in [-0.2, 0) is 11.3 Å². The van der Waals surface area contributed by atoms with Crippen molar-refractivity contribution in [3.63, 3.8) is 0 Å². The van der Waals surface area contributed by atoms with Crippen molar-refractivity contribution in [2.45, 2.75) is 6.54 Å². The van der Waals surface area contributed by atoms with Gasteiger partial charge in [0, 0.05) is 55.6 Å². The van der Waals surface area contributed by atoms with Crippen molar-refractivity contribution >= 4 is 17.3 Å². The normalized spacial score (nSPS) is 18.1. The van der Waals surface area contributed by atoms with E-state index in [9.17, 15) is 9.59 Å². The van der Waals surface area contributed by atoms with Crippen LogP contribution in [-0.4, -0.2) is 47.5 Å². The minimum absolute atomic E-state index is 0.401. The van der Waals surface area contributed by atoms with Gasteiger partial charge in [0.05, 0.1) is 0 Å². The number of hydrogen-bond donors (Lipinski definition) is 0. The van der Waals surface area contributed by atoms with Crippen LogP contribution in [0.2, 0.25) is 0 Å². The minimum Gasteiger partial charge on any atom is -0.368 e. The summed E-state index contributed by atoms with van der Waals surface area (Å²) in [6.45, 7) is 4.54. The molecule has 1 heterocycles. The molecule has 4 rings (SSSR count). The Morgan fingerprint density at radius 3 is 2.12 bits per heavy atom. The Morgan fingerprint density at radius 1 is 0.760 bits per heavy atom. The predicted molar refractivity (Wildman–Crippen MR) is 97.0 cm³/mol. The van der Waals surface area contributed by atoms with Crippen molar-refractivity contribution < 1.29 is 9.59 Å². The molecule has 0 saturated carbocycles. The summed E-state index contributed by atoms with van der Waals surface area (Å²) in [5.74, 6) is -0.817. The first-order valence-corrected chi connectivity index (χ1v) is 8.63. The Balaban J connectivity index is 1.48. The van der Waals surface area contributed by atoms with E-state index in [1.807, 2.05) is 24.3 Å². The van der Waals surface area contributed by atoms with E-state index in [0.29, 0.717) is 5.56 Å². The lowest BCUT2D eigenvalue weighted by Gasteiger charge is -2.38. The number of piperazine rings is 1. The van der Waals surface area contributed by atoms with Crippen molar-refractivity contribution in [3.05, 3.63) is 77.4 Å². The molecule has 1 fully saturated rings. The number of rotatable bonds is 3. The molecule has 1 aliphatic heterocycles. The molecule has 1 aliphatic carbocycles. The Labute approximate surface area is 147 Å². The SMILES string of the molecule is O=C1C=C(N2CCN(Cc3ccccc3)CC2)c2ccccc2C1=O. The molecule has 0 amide bonds. The fourth-order valence-electron chi connectivity index (χ4n) is 3.55. The van der Waals surface area contributed by atoms with Crippen LogP contribution in [0.25, 0.3) is 5.70 Å². The number of benzene rings is 2. The topological polar surface area (TPSA) is 40.6 Å². The summed E-state index contributed by atoms with van der Waals surface area (Å²) in [5, 5.41) is 0. The molecular weight excluding hydrogens is 312 g/mol. The molecule has 4 nitrogen and oxygen atoms in total.